The average Bonchev–Trinajstić information content (AvgIpc) is 2.25. The third-order valence-corrected chi connectivity index (χ3v) is 4.20. The van der Waals surface area contributed by atoms with E-state index in [9.17, 15) is 4.79 Å². The quantitative estimate of drug-likeness (QED) is 0.709. The average molecular weight is 267 g/mol. The van der Waals surface area contributed by atoms with Gasteiger partial charge in [0.1, 0.15) is 0 Å². The van der Waals surface area contributed by atoms with Crippen molar-refractivity contribution in [3.05, 3.63) is 0 Å². The number of carbonyl (C=O) groups excluding carboxylic acids is 1. The van der Waals surface area contributed by atoms with Gasteiger partial charge < -0.3 is 16.0 Å². The highest BCUT2D eigenvalue weighted by Gasteiger charge is 2.38. The maximum atomic E-state index is 12.3. The number of rotatable bonds is 2. The lowest BCUT2D eigenvalue weighted by atomic mass is 9.79. The normalized spacial score (nSPS) is 30.8. The molecule has 0 bridgehead atoms. The second kappa shape index (κ2) is 5.41. The minimum atomic E-state index is 0.0878. The molecule has 0 aromatic carbocycles. The zero-order valence-electron chi connectivity index (χ0n) is 12.8. The van der Waals surface area contributed by atoms with E-state index in [1.165, 1.54) is 0 Å². The molecule has 4 nitrogen and oxygen atoms in total. The summed E-state index contributed by atoms with van der Waals surface area (Å²) < 4.78 is 0. The predicted molar refractivity (Wildman–Crippen MR) is 78.1 cm³/mol. The van der Waals surface area contributed by atoms with Gasteiger partial charge in [-0.25, -0.2) is 0 Å². The summed E-state index contributed by atoms with van der Waals surface area (Å²) in [5, 5.41) is 10.2. The summed E-state index contributed by atoms with van der Waals surface area (Å²) in [6, 6.07) is 0.292. The lowest BCUT2D eigenvalue weighted by Gasteiger charge is -2.47. The lowest BCUT2D eigenvalue weighted by Crippen LogP contribution is -2.62. The Hall–Kier alpha value is -0.610. The number of carbonyl (C=O) groups is 1. The number of hydrogen-bond acceptors (Lipinski definition) is 3. The van der Waals surface area contributed by atoms with E-state index in [-0.39, 0.29) is 22.9 Å². The first-order valence-electron chi connectivity index (χ1n) is 7.58. The fourth-order valence-electron chi connectivity index (χ4n) is 3.82. The fraction of sp³-hybridized carbons (Fsp3) is 0.933. The first-order valence-corrected chi connectivity index (χ1v) is 7.58. The van der Waals surface area contributed by atoms with Crippen LogP contribution in [0.4, 0.5) is 0 Å². The van der Waals surface area contributed by atoms with Crippen molar-refractivity contribution in [1.29, 1.82) is 0 Å². The highest BCUT2D eigenvalue weighted by molar-refractivity contribution is 5.79. The van der Waals surface area contributed by atoms with Crippen LogP contribution in [-0.4, -0.2) is 36.1 Å². The standard InChI is InChI=1S/C15H29N3O/c1-14(2)8-12(9-15(3,4)18-14)17-13(19)11-6-5-7-16-10-11/h11-12,16,18H,5-10H2,1-4H3,(H,17,19)/t11-/m0/s1. The van der Waals surface area contributed by atoms with Gasteiger partial charge in [0.2, 0.25) is 5.91 Å². The van der Waals surface area contributed by atoms with E-state index in [1.54, 1.807) is 0 Å². The highest BCUT2D eigenvalue weighted by Crippen LogP contribution is 2.28. The van der Waals surface area contributed by atoms with Crippen molar-refractivity contribution < 1.29 is 4.79 Å². The van der Waals surface area contributed by atoms with Gasteiger partial charge in [-0.1, -0.05) is 0 Å². The molecule has 0 spiro atoms. The second-order valence-corrected chi connectivity index (χ2v) is 7.55. The van der Waals surface area contributed by atoms with Crippen molar-refractivity contribution in [3.63, 3.8) is 0 Å². The molecule has 2 saturated heterocycles. The van der Waals surface area contributed by atoms with Crippen LogP contribution in [0.1, 0.15) is 53.4 Å². The summed E-state index contributed by atoms with van der Waals surface area (Å²) in [7, 11) is 0. The largest absolute Gasteiger partial charge is 0.353 e. The van der Waals surface area contributed by atoms with Crippen LogP contribution in [0.3, 0.4) is 0 Å². The van der Waals surface area contributed by atoms with Crippen LogP contribution < -0.4 is 16.0 Å². The van der Waals surface area contributed by atoms with Crippen LogP contribution in [0.15, 0.2) is 0 Å². The Balaban J connectivity index is 1.92. The first-order chi connectivity index (χ1) is 8.77. The smallest absolute Gasteiger partial charge is 0.224 e. The SMILES string of the molecule is CC1(C)CC(NC(=O)[C@H]2CCCNC2)CC(C)(C)N1. The molecule has 110 valence electrons. The Morgan fingerprint density at radius 2 is 1.79 bits per heavy atom. The van der Waals surface area contributed by atoms with Crippen LogP contribution in [0.2, 0.25) is 0 Å². The van der Waals surface area contributed by atoms with Crippen LogP contribution in [0.25, 0.3) is 0 Å². The molecule has 0 aromatic heterocycles. The van der Waals surface area contributed by atoms with Gasteiger partial charge in [0.15, 0.2) is 0 Å². The van der Waals surface area contributed by atoms with Crippen molar-refractivity contribution in [2.24, 2.45) is 5.92 Å². The van der Waals surface area contributed by atoms with Gasteiger partial charge in [-0.3, -0.25) is 4.79 Å². The second-order valence-electron chi connectivity index (χ2n) is 7.55. The van der Waals surface area contributed by atoms with E-state index < -0.39 is 0 Å². The maximum absolute atomic E-state index is 12.3. The van der Waals surface area contributed by atoms with Crippen LogP contribution >= 0.6 is 0 Å². The van der Waals surface area contributed by atoms with Crippen molar-refractivity contribution in [1.82, 2.24) is 16.0 Å². The van der Waals surface area contributed by atoms with Crippen LogP contribution in [0, 0.1) is 5.92 Å². The van der Waals surface area contributed by atoms with E-state index in [0.29, 0.717) is 6.04 Å². The first kappa shape index (κ1) is 14.8. The van der Waals surface area contributed by atoms with Gasteiger partial charge in [-0.05, 0) is 59.9 Å². The minimum Gasteiger partial charge on any atom is -0.353 e. The zero-order chi connectivity index (χ0) is 14.1. The predicted octanol–water partition coefficient (Wildman–Crippen LogP) is 1.41. The monoisotopic (exact) mass is 267 g/mol. The number of hydrogen-bond donors (Lipinski definition) is 3. The van der Waals surface area contributed by atoms with Gasteiger partial charge in [-0.15, -0.1) is 0 Å². The van der Waals surface area contributed by atoms with Crippen molar-refractivity contribution in [2.45, 2.75) is 70.5 Å². The van der Waals surface area contributed by atoms with E-state index in [4.69, 9.17) is 0 Å². The Bertz CT molecular complexity index is 316. The number of piperidine rings is 2. The summed E-state index contributed by atoms with van der Waals surface area (Å²) >= 11 is 0. The molecule has 0 aromatic rings. The number of nitrogens with one attached hydrogen (secondary N) is 3. The van der Waals surface area contributed by atoms with Crippen molar-refractivity contribution >= 4 is 5.91 Å². The number of amides is 1. The molecule has 2 aliphatic rings. The van der Waals surface area contributed by atoms with Crippen LogP contribution in [-0.2, 0) is 4.79 Å². The van der Waals surface area contributed by atoms with Gasteiger partial charge in [-0.2, -0.15) is 0 Å². The molecule has 1 amide bonds. The Morgan fingerprint density at radius 3 is 2.32 bits per heavy atom. The molecule has 0 unspecified atom stereocenters. The third kappa shape index (κ3) is 4.18. The summed E-state index contributed by atoms with van der Waals surface area (Å²) in [6.07, 6.45) is 4.14. The van der Waals surface area contributed by atoms with Gasteiger partial charge in [0.25, 0.3) is 0 Å². The summed E-state index contributed by atoms with van der Waals surface area (Å²) in [5.41, 5.74) is 0.176. The van der Waals surface area contributed by atoms with Crippen molar-refractivity contribution in [3.8, 4) is 0 Å². The van der Waals surface area contributed by atoms with Gasteiger partial charge in [0, 0.05) is 23.7 Å². The molecule has 2 rings (SSSR count). The van der Waals surface area contributed by atoms with Gasteiger partial charge >= 0.3 is 0 Å². The van der Waals surface area contributed by atoms with E-state index in [2.05, 4.69) is 43.6 Å². The molecule has 1 atom stereocenters. The Morgan fingerprint density at radius 1 is 1.16 bits per heavy atom. The molecule has 4 heteroatoms. The third-order valence-electron chi connectivity index (χ3n) is 4.20. The molecule has 19 heavy (non-hydrogen) atoms. The van der Waals surface area contributed by atoms with E-state index in [1.807, 2.05) is 0 Å². The van der Waals surface area contributed by atoms with Crippen molar-refractivity contribution in [2.75, 3.05) is 13.1 Å². The zero-order valence-corrected chi connectivity index (χ0v) is 12.8. The minimum absolute atomic E-state index is 0.0878. The summed E-state index contributed by atoms with van der Waals surface area (Å²) in [5.74, 6) is 0.403. The van der Waals surface area contributed by atoms with Crippen LogP contribution in [0.5, 0.6) is 0 Å². The molecule has 2 heterocycles. The molecule has 2 fully saturated rings. The fourth-order valence-corrected chi connectivity index (χ4v) is 3.82. The molecule has 0 radical (unpaired) electrons. The molecule has 0 aliphatic carbocycles. The maximum Gasteiger partial charge on any atom is 0.224 e. The molecule has 0 saturated carbocycles. The molecule has 2 aliphatic heterocycles. The van der Waals surface area contributed by atoms with Gasteiger partial charge in [0.05, 0.1) is 5.92 Å². The summed E-state index contributed by atoms with van der Waals surface area (Å²) in [4.78, 5) is 12.3. The Labute approximate surface area is 117 Å². The van der Waals surface area contributed by atoms with E-state index in [0.717, 1.165) is 38.8 Å². The molecule has 3 N–H and O–H groups in total. The summed E-state index contributed by atoms with van der Waals surface area (Å²) in [6.45, 7) is 10.8. The highest BCUT2D eigenvalue weighted by atomic mass is 16.2. The Kier molecular flexibility index (Phi) is 4.21. The topological polar surface area (TPSA) is 53.2 Å². The lowest BCUT2D eigenvalue weighted by molar-refractivity contribution is -0.126. The molecular weight excluding hydrogens is 238 g/mol. The van der Waals surface area contributed by atoms with E-state index >= 15 is 0 Å². The molecular formula is C15H29N3O.